The van der Waals surface area contributed by atoms with Gasteiger partial charge in [0.2, 0.25) is 0 Å². The van der Waals surface area contributed by atoms with E-state index in [1.807, 2.05) is 0 Å². The van der Waals surface area contributed by atoms with Gasteiger partial charge in [-0.3, -0.25) is 4.79 Å². The number of ether oxygens (including phenoxy) is 3. The van der Waals surface area contributed by atoms with Crippen LogP contribution in [0, 0.1) is 0 Å². The van der Waals surface area contributed by atoms with Crippen molar-refractivity contribution in [3.8, 4) is 11.5 Å². The van der Waals surface area contributed by atoms with E-state index in [1.165, 1.54) is 12.1 Å². The van der Waals surface area contributed by atoms with Gasteiger partial charge < -0.3 is 24.6 Å². The maximum absolute atomic E-state index is 12.6. The molecule has 2 N–H and O–H groups in total. The first-order valence-corrected chi connectivity index (χ1v) is 8.59. The third-order valence-electron chi connectivity index (χ3n) is 4.34. The fourth-order valence-corrected chi connectivity index (χ4v) is 2.86. The number of carbonyl (C=O) groups is 2. The van der Waals surface area contributed by atoms with Gasteiger partial charge >= 0.3 is 5.97 Å². The van der Waals surface area contributed by atoms with Crippen molar-refractivity contribution in [3.05, 3.63) is 59.7 Å². The first-order valence-electron chi connectivity index (χ1n) is 8.59. The number of benzene rings is 2. The fraction of sp³-hybridized carbons (Fsp3) is 0.300. The van der Waals surface area contributed by atoms with Crippen molar-refractivity contribution in [2.24, 2.45) is 0 Å². The van der Waals surface area contributed by atoms with Crippen molar-refractivity contribution >= 4 is 11.9 Å². The predicted octanol–water partition coefficient (Wildman–Crippen LogP) is 2.36. The Morgan fingerprint density at radius 3 is 2.59 bits per heavy atom. The summed E-state index contributed by atoms with van der Waals surface area (Å²) >= 11 is 0. The van der Waals surface area contributed by atoms with Crippen LogP contribution in [0.1, 0.15) is 27.1 Å². The van der Waals surface area contributed by atoms with Crippen molar-refractivity contribution in [1.29, 1.82) is 0 Å². The number of rotatable bonds is 6. The molecule has 0 bridgehead atoms. The Labute approximate surface area is 156 Å². The highest BCUT2D eigenvalue weighted by atomic mass is 16.5. The first kappa shape index (κ1) is 18.7. The van der Waals surface area contributed by atoms with Crippen molar-refractivity contribution in [3.63, 3.8) is 0 Å². The summed E-state index contributed by atoms with van der Waals surface area (Å²) in [6.45, 7) is 0.866. The molecule has 27 heavy (non-hydrogen) atoms. The average molecular weight is 371 g/mol. The summed E-state index contributed by atoms with van der Waals surface area (Å²) in [5.41, 5.74) is 0.690. The summed E-state index contributed by atoms with van der Waals surface area (Å²) in [6, 6.07) is 12.9. The molecule has 7 nitrogen and oxygen atoms in total. The molecule has 1 aliphatic rings. The summed E-state index contributed by atoms with van der Waals surface area (Å²) < 4.78 is 16.6. The lowest BCUT2D eigenvalue weighted by atomic mass is 10.0. The highest BCUT2D eigenvalue weighted by molar-refractivity contribution is 5.94. The Hall–Kier alpha value is -3.06. The first-order chi connectivity index (χ1) is 13.1. The van der Waals surface area contributed by atoms with E-state index in [4.69, 9.17) is 19.3 Å². The highest BCUT2D eigenvalue weighted by Crippen LogP contribution is 2.20. The topological polar surface area (TPSA) is 94.1 Å². The number of hydrogen-bond acceptors (Lipinski definition) is 5. The molecule has 3 rings (SSSR count). The lowest BCUT2D eigenvalue weighted by Gasteiger charge is -2.32. The van der Waals surface area contributed by atoms with E-state index in [2.05, 4.69) is 5.32 Å². The molecule has 0 spiro atoms. The van der Waals surface area contributed by atoms with E-state index >= 15 is 0 Å². The monoisotopic (exact) mass is 371 g/mol. The third kappa shape index (κ3) is 4.77. The number of carboxylic acid groups (broad SMARTS) is 1. The maximum atomic E-state index is 12.6. The van der Waals surface area contributed by atoms with Crippen LogP contribution in [0.15, 0.2) is 48.5 Å². The Morgan fingerprint density at radius 1 is 1.11 bits per heavy atom. The van der Waals surface area contributed by atoms with Crippen LogP contribution in [-0.4, -0.2) is 49.5 Å². The number of carboxylic acids is 1. The lowest BCUT2D eigenvalue weighted by molar-refractivity contribution is -0.0135. The van der Waals surface area contributed by atoms with Gasteiger partial charge in [0.15, 0.2) is 0 Å². The minimum atomic E-state index is -0.994. The van der Waals surface area contributed by atoms with Crippen molar-refractivity contribution in [2.45, 2.75) is 18.6 Å². The van der Waals surface area contributed by atoms with E-state index in [-0.39, 0.29) is 23.6 Å². The van der Waals surface area contributed by atoms with E-state index < -0.39 is 5.97 Å². The molecule has 7 heteroatoms. The van der Waals surface area contributed by atoms with Gasteiger partial charge in [-0.1, -0.05) is 6.07 Å². The van der Waals surface area contributed by atoms with Gasteiger partial charge in [-0.05, 0) is 48.9 Å². The van der Waals surface area contributed by atoms with Crippen LogP contribution < -0.4 is 14.8 Å². The molecule has 0 radical (unpaired) electrons. The molecule has 2 aromatic rings. The number of hydrogen-bond donors (Lipinski definition) is 2. The van der Waals surface area contributed by atoms with Crippen LogP contribution >= 0.6 is 0 Å². The largest absolute Gasteiger partial charge is 0.497 e. The van der Waals surface area contributed by atoms with Crippen LogP contribution in [-0.2, 0) is 4.74 Å². The van der Waals surface area contributed by atoms with E-state index in [9.17, 15) is 9.59 Å². The summed E-state index contributed by atoms with van der Waals surface area (Å²) in [6.07, 6.45) is 0.247. The Morgan fingerprint density at radius 2 is 1.89 bits per heavy atom. The lowest BCUT2D eigenvalue weighted by Crippen LogP contribution is -2.51. The van der Waals surface area contributed by atoms with E-state index in [0.29, 0.717) is 36.7 Å². The SMILES string of the molecule is COc1cccc(C(=O)N[C@@H]2CCOC[C@H]2Oc2ccc(C(=O)O)cc2)c1. The fourth-order valence-electron chi connectivity index (χ4n) is 2.86. The number of carbonyl (C=O) groups excluding carboxylic acids is 1. The highest BCUT2D eigenvalue weighted by Gasteiger charge is 2.29. The average Bonchev–Trinajstić information content (AvgIpc) is 2.70. The van der Waals surface area contributed by atoms with Gasteiger partial charge in [0.05, 0.1) is 25.3 Å². The van der Waals surface area contributed by atoms with Crippen LogP contribution in [0.3, 0.4) is 0 Å². The quantitative estimate of drug-likeness (QED) is 0.810. The molecule has 1 heterocycles. The summed E-state index contributed by atoms with van der Waals surface area (Å²) in [4.78, 5) is 23.5. The normalized spacial score (nSPS) is 19.1. The molecule has 1 fully saturated rings. The third-order valence-corrected chi connectivity index (χ3v) is 4.34. The van der Waals surface area contributed by atoms with E-state index in [1.54, 1.807) is 43.5 Å². The minimum absolute atomic E-state index is 0.185. The second-order valence-electron chi connectivity index (χ2n) is 6.16. The van der Waals surface area contributed by atoms with Gasteiger partial charge in [-0.2, -0.15) is 0 Å². The smallest absolute Gasteiger partial charge is 0.335 e. The molecule has 1 saturated heterocycles. The molecular formula is C20H21NO6. The molecule has 0 aliphatic carbocycles. The Balaban J connectivity index is 1.67. The van der Waals surface area contributed by atoms with Crippen LogP contribution in [0.25, 0.3) is 0 Å². The molecule has 142 valence electrons. The minimum Gasteiger partial charge on any atom is -0.497 e. The number of aromatic carboxylic acids is 1. The molecule has 0 unspecified atom stereocenters. The van der Waals surface area contributed by atoms with Crippen LogP contribution in [0.5, 0.6) is 11.5 Å². The van der Waals surface area contributed by atoms with Gasteiger partial charge in [0.1, 0.15) is 17.6 Å². The Kier molecular flexibility index (Phi) is 5.93. The molecule has 1 aliphatic heterocycles. The zero-order valence-electron chi connectivity index (χ0n) is 14.9. The molecule has 1 amide bonds. The number of nitrogens with one attached hydrogen (secondary N) is 1. The number of amides is 1. The summed E-state index contributed by atoms with van der Waals surface area (Å²) in [5.74, 6) is -0.0707. The van der Waals surface area contributed by atoms with Crippen molar-refractivity contribution < 1.29 is 28.9 Å². The standard InChI is InChI=1S/C20H21NO6/c1-25-16-4-2-3-14(11-16)19(22)21-17-9-10-26-12-18(17)27-15-7-5-13(6-8-15)20(23)24/h2-8,11,17-18H,9-10,12H2,1H3,(H,21,22)(H,23,24)/t17-,18-/m1/s1. The molecule has 2 atom stereocenters. The number of methoxy groups -OCH3 is 1. The molecule has 2 aromatic carbocycles. The van der Waals surface area contributed by atoms with Gasteiger partial charge in [0, 0.05) is 12.2 Å². The second-order valence-corrected chi connectivity index (χ2v) is 6.16. The Bertz CT molecular complexity index is 804. The van der Waals surface area contributed by atoms with Gasteiger partial charge in [0.25, 0.3) is 5.91 Å². The zero-order chi connectivity index (χ0) is 19.2. The maximum Gasteiger partial charge on any atom is 0.335 e. The summed E-state index contributed by atoms with van der Waals surface area (Å²) in [7, 11) is 1.55. The predicted molar refractivity (Wildman–Crippen MR) is 97.5 cm³/mol. The van der Waals surface area contributed by atoms with E-state index in [0.717, 1.165) is 0 Å². The molecular weight excluding hydrogens is 350 g/mol. The van der Waals surface area contributed by atoms with Crippen LogP contribution in [0.2, 0.25) is 0 Å². The second kappa shape index (κ2) is 8.55. The van der Waals surface area contributed by atoms with Gasteiger partial charge in [-0.25, -0.2) is 4.79 Å². The van der Waals surface area contributed by atoms with Crippen LogP contribution in [0.4, 0.5) is 0 Å². The van der Waals surface area contributed by atoms with Gasteiger partial charge in [-0.15, -0.1) is 0 Å². The summed E-state index contributed by atoms with van der Waals surface area (Å²) in [5, 5.41) is 12.0. The van der Waals surface area contributed by atoms with Crippen molar-refractivity contribution in [1.82, 2.24) is 5.32 Å². The molecule has 0 aromatic heterocycles. The molecule has 0 saturated carbocycles. The van der Waals surface area contributed by atoms with Crippen molar-refractivity contribution in [2.75, 3.05) is 20.3 Å². The zero-order valence-corrected chi connectivity index (χ0v) is 14.9.